The second kappa shape index (κ2) is 6.38. The van der Waals surface area contributed by atoms with Crippen LogP contribution in [0.2, 0.25) is 0 Å². The highest BCUT2D eigenvalue weighted by Gasteiger charge is 2.46. The van der Waals surface area contributed by atoms with E-state index in [1.807, 2.05) is 13.0 Å². The van der Waals surface area contributed by atoms with Crippen molar-refractivity contribution in [3.05, 3.63) is 42.2 Å². The Morgan fingerprint density at radius 3 is 2.59 bits per heavy atom. The van der Waals surface area contributed by atoms with Gasteiger partial charge < -0.3 is 9.84 Å². The van der Waals surface area contributed by atoms with Crippen LogP contribution in [-0.2, 0) is 0 Å². The summed E-state index contributed by atoms with van der Waals surface area (Å²) in [6, 6.07) is 5.28. The first-order valence-corrected chi connectivity index (χ1v) is 10.6. The minimum Gasteiger partial charge on any atom is -0.507 e. The highest BCUT2D eigenvalue weighted by Crippen LogP contribution is 2.54. The molecule has 3 aromatic rings. The Morgan fingerprint density at radius 2 is 1.93 bits per heavy atom. The van der Waals surface area contributed by atoms with Gasteiger partial charge in [-0.05, 0) is 49.1 Å². The van der Waals surface area contributed by atoms with Crippen molar-refractivity contribution in [1.82, 2.24) is 25.2 Å². The van der Waals surface area contributed by atoms with Gasteiger partial charge >= 0.3 is 0 Å². The lowest BCUT2D eigenvalue weighted by molar-refractivity contribution is 0.0544. The van der Waals surface area contributed by atoms with E-state index in [9.17, 15) is 5.11 Å². The van der Waals surface area contributed by atoms with Crippen LogP contribution in [0, 0.1) is 17.8 Å². The van der Waals surface area contributed by atoms with Gasteiger partial charge in [0.1, 0.15) is 11.9 Å². The molecule has 0 spiro atoms. The minimum absolute atomic E-state index is 0.111. The molecule has 0 saturated heterocycles. The van der Waals surface area contributed by atoms with Crippen LogP contribution in [0.15, 0.2) is 36.5 Å². The summed E-state index contributed by atoms with van der Waals surface area (Å²) in [5.74, 6) is 0.111. The van der Waals surface area contributed by atoms with Crippen molar-refractivity contribution in [2.24, 2.45) is 10.8 Å². The Hall–Kier alpha value is -2.74. The molecule has 0 amide bonds. The third-order valence-electron chi connectivity index (χ3n) is 5.81. The number of phenols is 1. The molecule has 2 aromatic heterocycles. The maximum absolute atomic E-state index is 10.5. The van der Waals surface area contributed by atoms with E-state index in [0.717, 1.165) is 18.5 Å². The van der Waals surface area contributed by atoms with E-state index in [1.165, 1.54) is 22.6 Å². The second-order valence-electron chi connectivity index (χ2n) is 8.82. The predicted molar refractivity (Wildman–Crippen MR) is 110 cm³/mol. The molecule has 3 atom stereocenters. The molecule has 1 saturated carbocycles. The van der Waals surface area contributed by atoms with Crippen molar-refractivity contribution < 1.29 is 9.84 Å². The molecule has 1 aromatic carbocycles. The number of allylic oxidation sites excluding steroid dienone is 2. The zero-order valence-corrected chi connectivity index (χ0v) is 17.5. The highest BCUT2D eigenvalue weighted by atomic mass is 32.1. The zero-order chi connectivity index (χ0) is 20.2. The Morgan fingerprint density at radius 1 is 1.17 bits per heavy atom. The summed E-state index contributed by atoms with van der Waals surface area (Å²) >= 11 is 1.36. The number of aromatic nitrogens is 5. The predicted octanol–water partition coefficient (Wildman–Crippen LogP) is 4.31. The molecule has 0 aliphatic heterocycles. The number of rotatable bonds is 4. The van der Waals surface area contributed by atoms with Gasteiger partial charge in [0.15, 0.2) is 5.01 Å². The standard InChI is InChI=1S/C21H23N5O2S/c1-13-11-22-26(25-13)14-4-5-16(17(27)8-14)18-23-24-19(29-18)28-15-9-20(2)6-7-21(3,10-15)12-20/h4-8,11,15,27H,9-10,12H2,1-3H3/t15?,20-,21+. The fraction of sp³-hybridized carbons (Fsp3) is 0.429. The highest BCUT2D eigenvalue weighted by molar-refractivity contribution is 7.16. The van der Waals surface area contributed by atoms with Gasteiger partial charge in [-0.3, -0.25) is 0 Å². The molecule has 2 bridgehead atoms. The molecule has 7 nitrogen and oxygen atoms in total. The number of aromatic hydroxyl groups is 1. The average Bonchev–Trinajstić information content (AvgIpc) is 3.33. The molecular formula is C21H23N5O2S. The van der Waals surface area contributed by atoms with Gasteiger partial charge in [0.25, 0.3) is 5.19 Å². The van der Waals surface area contributed by atoms with Crippen LogP contribution in [0.4, 0.5) is 0 Å². The summed E-state index contributed by atoms with van der Waals surface area (Å²) in [4.78, 5) is 1.49. The molecule has 150 valence electrons. The minimum atomic E-state index is 0.111. The summed E-state index contributed by atoms with van der Waals surface area (Å²) in [7, 11) is 0. The lowest BCUT2D eigenvalue weighted by Gasteiger charge is -2.39. The topological polar surface area (TPSA) is 86.0 Å². The van der Waals surface area contributed by atoms with Gasteiger partial charge in [-0.25, -0.2) is 0 Å². The summed E-state index contributed by atoms with van der Waals surface area (Å²) in [6.07, 6.45) is 9.66. The molecule has 8 heteroatoms. The third-order valence-corrected chi connectivity index (χ3v) is 6.65. The summed E-state index contributed by atoms with van der Waals surface area (Å²) in [5.41, 5.74) is 2.53. The molecule has 0 radical (unpaired) electrons. The molecule has 2 heterocycles. The number of ether oxygens (including phenoxy) is 1. The lowest BCUT2D eigenvalue weighted by Crippen LogP contribution is -2.36. The fourth-order valence-electron chi connectivity index (χ4n) is 4.72. The van der Waals surface area contributed by atoms with E-state index in [4.69, 9.17) is 4.74 Å². The SMILES string of the molecule is Cc1cnn(-c2ccc(-c3nnc(OC4C[C@]5(C)C=C[C@](C)(C4)C5)s3)c(O)c2)n1. The number of phenolic OH excluding ortho intramolecular Hbond substituents is 1. The van der Waals surface area contributed by atoms with Gasteiger partial charge in [0.05, 0.1) is 23.1 Å². The monoisotopic (exact) mass is 409 g/mol. The third kappa shape index (κ3) is 3.42. The number of aryl methyl sites for hydroxylation is 1. The Labute approximate surface area is 173 Å². The van der Waals surface area contributed by atoms with Crippen LogP contribution in [0.1, 0.15) is 38.8 Å². The Bertz CT molecular complexity index is 1090. The van der Waals surface area contributed by atoms with Crippen molar-refractivity contribution in [2.45, 2.75) is 46.1 Å². The largest absolute Gasteiger partial charge is 0.507 e. The average molecular weight is 410 g/mol. The second-order valence-corrected chi connectivity index (χ2v) is 9.76. The zero-order valence-electron chi connectivity index (χ0n) is 16.7. The van der Waals surface area contributed by atoms with Crippen LogP contribution < -0.4 is 4.74 Å². The Kier molecular flexibility index (Phi) is 4.03. The lowest BCUT2D eigenvalue weighted by atomic mass is 9.68. The number of hydrogen-bond acceptors (Lipinski definition) is 7. The number of nitrogens with zero attached hydrogens (tertiary/aromatic N) is 5. The van der Waals surface area contributed by atoms with Crippen LogP contribution in [0.25, 0.3) is 16.3 Å². The molecule has 2 aliphatic carbocycles. The van der Waals surface area contributed by atoms with Crippen LogP contribution in [0.3, 0.4) is 0 Å². The number of hydrogen-bond donors (Lipinski definition) is 1. The number of benzene rings is 1. The quantitative estimate of drug-likeness (QED) is 0.646. The van der Waals surface area contributed by atoms with E-state index >= 15 is 0 Å². The Balaban J connectivity index is 1.34. The molecule has 1 unspecified atom stereocenters. The van der Waals surface area contributed by atoms with Crippen molar-refractivity contribution in [1.29, 1.82) is 0 Å². The van der Waals surface area contributed by atoms with Crippen molar-refractivity contribution in [3.8, 4) is 27.2 Å². The molecule has 2 aliphatic rings. The van der Waals surface area contributed by atoms with E-state index in [1.54, 1.807) is 18.3 Å². The van der Waals surface area contributed by atoms with Gasteiger partial charge in [0, 0.05) is 6.07 Å². The fourth-order valence-corrected chi connectivity index (χ4v) is 5.51. The van der Waals surface area contributed by atoms with Crippen LogP contribution >= 0.6 is 11.3 Å². The normalized spacial score (nSPS) is 28.0. The van der Waals surface area contributed by atoms with E-state index in [0.29, 0.717) is 21.5 Å². The van der Waals surface area contributed by atoms with Gasteiger partial charge in [-0.1, -0.05) is 42.4 Å². The van der Waals surface area contributed by atoms with E-state index in [2.05, 4.69) is 46.4 Å². The van der Waals surface area contributed by atoms with Gasteiger partial charge in [-0.2, -0.15) is 15.0 Å². The number of fused-ring (bicyclic) bond motifs is 2. The van der Waals surface area contributed by atoms with Crippen molar-refractivity contribution >= 4 is 11.3 Å². The maximum Gasteiger partial charge on any atom is 0.294 e. The molecule has 5 rings (SSSR count). The van der Waals surface area contributed by atoms with Crippen LogP contribution in [-0.4, -0.2) is 36.4 Å². The first-order valence-electron chi connectivity index (χ1n) is 9.74. The van der Waals surface area contributed by atoms with Crippen molar-refractivity contribution in [3.63, 3.8) is 0 Å². The van der Waals surface area contributed by atoms with Gasteiger partial charge in [-0.15, -0.1) is 5.10 Å². The smallest absolute Gasteiger partial charge is 0.294 e. The molecule has 1 N–H and O–H groups in total. The summed E-state index contributed by atoms with van der Waals surface area (Å²) in [5, 5.41) is 28.6. The first-order chi connectivity index (χ1) is 13.8. The summed E-state index contributed by atoms with van der Waals surface area (Å²) in [6.45, 7) is 6.46. The molecule has 29 heavy (non-hydrogen) atoms. The van der Waals surface area contributed by atoms with Crippen molar-refractivity contribution in [2.75, 3.05) is 0 Å². The van der Waals surface area contributed by atoms with E-state index < -0.39 is 0 Å². The van der Waals surface area contributed by atoms with Gasteiger partial charge in [0.2, 0.25) is 0 Å². The summed E-state index contributed by atoms with van der Waals surface area (Å²) < 4.78 is 6.20. The molecule has 1 fully saturated rings. The maximum atomic E-state index is 10.5. The molecular weight excluding hydrogens is 386 g/mol. The van der Waals surface area contributed by atoms with E-state index in [-0.39, 0.29) is 22.7 Å². The first kappa shape index (κ1) is 18.3. The van der Waals surface area contributed by atoms with Crippen LogP contribution in [0.5, 0.6) is 10.9 Å².